The van der Waals surface area contributed by atoms with Gasteiger partial charge < -0.3 is 10.1 Å². The van der Waals surface area contributed by atoms with Gasteiger partial charge in [-0.2, -0.15) is 9.83 Å². The topological polar surface area (TPSA) is 83.1 Å². The molecule has 26 heavy (non-hydrogen) atoms. The Balaban J connectivity index is 2.12. The molecular formula is C19H16N3O3S+. The second-order valence-electron chi connectivity index (χ2n) is 5.72. The number of methoxy groups -OCH3 is 1. The third kappa shape index (κ3) is 3.19. The normalized spacial score (nSPS) is 19.5. The van der Waals surface area contributed by atoms with Crippen molar-refractivity contribution in [3.05, 3.63) is 76.6 Å². The van der Waals surface area contributed by atoms with Gasteiger partial charge in [-0.15, -0.1) is 12.6 Å². The van der Waals surface area contributed by atoms with Crippen molar-refractivity contribution < 1.29 is 18.9 Å². The number of nitrogens with one attached hydrogen (secondary N) is 1. The summed E-state index contributed by atoms with van der Waals surface area (Å²) in [5, 5.41) is 12.5. The van der Waals surface area contributed by atoms with E-state index in [2.05, 4.69) is 24.0 Å². The third-order valence-electron chi connectivity index (χ3n) is 4.26. The zero-order chi connectivity index (χ0) is 18.7. The summed E-state index contributed by atoms with van der Waals surface area (Å²) in [5.74, 6) is -1.23. The first-order valence-electron chi connectivity index (χ1n) is 7.85. The molecule has 0 unspecified atom stereocenters. The molecule has 0 aliphatic carbocycles. The van der Waals surface area contributed by atoms with Crippen LogP contribution in [-0.4, -0.2) is 19.0 Å². The van der Waals surface area contributed by atoms with Crippen molar-refractivity contribution in [1.82, 2.24) is 5.32 Å². The summed E-state index contributed by atoms with van der Waals surface area (Å²) >= 11 is 4.27. The number of thiol groups is 1. The molecule has 2 heterocycles. The predicted octanol–water partition coefficient (Wildman–Crippen LogP) is 1.88. The standard InChI is InChI=1S/C19H15N3O3S/c1-25-19(24)13-7-5-12(6-8-13)15-14(11-20)18(26)21-17(23)16(15)22-9-3-2-4-10-22/h2-10,15-16H,1H3,(H-,21,23,26)/p+1/t15-,16-/m1/s1. The molecule has 2 atom stereocenters. The number of carbonyl (C=O) groups is 2. The Bertz CT molecular complexity index is 917. The summed E-state index contributed by atoms with van der Waals surface area (Å²) in [6.45, 7) is 0. The van der Waals surface area contributed by atoms with Crippen molar-refractivity contribution in [2.24, 2.45) is 0 Å². The molecule has 130 valence electrons. The van der Waals surface area contributed by atoms with Crippen LogP contribution in [0.1, 0.15) is 27.9 Å². The molecule has 0 saturated carbocycles. The third-order valence-corrected chi connectivity index (χ3v) is 4.62. The molecule has 6 nitrogen and oxygen atoms in total. The Labute approximate surface area is 156 Å². The summed E-state index contributed by atoms with van der Waals surface area (Å²) in [6.07, 6.45) is 3.55. The van der Waals surface area contributed by atoms with Crippen LogP contribution in [0, 0.1) is 11.3 Å². The SMILES string of the molecule is COC(=O)c1ccc([C@@H]2C(C#N)=C(S)NC(=O)[C@@H]2[n+]2ccccc2)cc1. The predicted molar refractivity (Wildman–Crippen MR) is 96.0 cm³/mol. The fourth-order valence-corrected chi connectivity index (χ4v) is 3.33. The van der Waals surface area contributed by atoms with Crippen LogP contribution >= 0.6 is 12.6 Å². The van der Waals surface area contributed by atoms with Crippen LogP contribution in [0.25, 0.3) is 0 Å². The molecule has 1 N–H and O–H groups in total. The molecular weight excluding hydrogens is 350 g/mol. The van der Waals surface area contributed by atoms with Gasteiger partial charge in [-0.25, -0.2) is 4.79 Å². The Morgan fingerprint density at radius 3 is 2.46 bits per heavy atom. The molecule has 0 radical (unpaired) electrons. The molecule has 0 spiro atoms. The van der Waals surface area contributed by atoms with Crippen LogP contribution < -0.4 is 9.88 Å². The van der Waals surface area contributed by atoms with Crippen molar-refractivity contribution in [2.75, 3.05) is 7.11 Å². The van der Waals surface area contributed by atoms with Crippen LogP contribution in [0.5, 0.6) is 0 Å². The molecule has 1 aliphatic heterocycles. The molecule has 2 aromatic rings. The van der Waals surface area contributed by atoms with E-state index in [0.29, 0.717) is 11.1 Å². The average molecular weight is 366 g/mol. The van der Waals surface area contributed by atoms with Gasteiger partial charge in [0.1, 0.15) is 0 Å². The van der Waals surface area contributed by atoms with E-state index >= 15 is 0 Å². The summed E-state index contributed by atoms with van der Waals surface area (Å²) in [7, 11) is 1.31. The minimum atomic E-state index is -0.647. The van der Waals surface area contributed by atoms with Crippen molar-refractivity contribution in [3.63, 3.8) is 0 Å². The summed E-state index contributed by atoms with van der Waals surface area (Å²) in [5.41, 5.74) is 1.49. The zero-order valence-electron chi connectivity index (χ0n) is 13.9. The highest BCUT2D eigenvalue weighted by Gasteiger charge is 2.44. The Morgan fingerprint density at radius 2 is 1.88 bits per heavy atom. The number of benzene rings is 1. The number of nitrogens with zero attached hydrogens (tertiary/aromatic N) is 2. The van der Waals surface area contributed by atoms with E-state index in [1.54, 1.807) is 41.2 Å². The number of hydrogen-bond acceptors (Lipinski definition) is 5. The van der Waals surface area contributed by atoms with E-state index in [-0.39, 0.29) is 10.9 Å². The first-order chi connectivity index (χ1) is 12.6. The maximum absolute atomic E-state index is 12.7. The number of aromatic nitrogens is 1. The number of nitriles is 1. The van der Waals surface area contributed by atoms with Gasteiger partial charge in [0, 0.05) is 12.1 Å². The highest BCUT2D eigenvalue weighted by Crippen LogP contribution is 2.37. The number of rotatable bonds is 3. The van der Waals surface area contributed by atoms with Crippen LogP contribution in [0.15, 0.2) is 65.5 Å². The van der Waals surface area contributed by atoms with Gasteiger partial charge in [0.15, 0.2) is 12.4 Å². The second-order valence-corrected chi connectivity index (χ2v) is 6.17. The van der Waals surface area contributed by atoms with Crippen molar-refractivity contribution in [1.29, 1.82) is 5.26 Å². The van der Waals surface area contributed by atoms with E-state index in [9.17, 15) is 14.9 Å². The Hall–Kier alpha value is -3.11. The molecule has 7 heteroatoms. The van der Waals surface area contributed by atoms with E-state index in [1.165, 1.54) is 7.11 Å². The number of carbonyl (C=O) groups excluding carboxylic acids is 2. The molecule has 1 amide bonds. The first kappa shape index (κ1) is 17.7. The van der Waals surface area contributed by atoms with Crippen molar-refractivity contribution in [2.45, 2.75) is 12.0 Å². The molecule has 0 fully saturated rings. The van der Waals surface area contributed by atoms with Crippen LogP contribution in [0.2, 0.25) is 0 Å². The summed E-state index contributed by atoms with van der Waals surface area (Å²) in [6, 6.07) is 13.7. The van der Waals surface area contributed by atoms with E-state index in [4.69, 9.17) is 4.74 Å². The monoisotopic (exact) mass is 366 g/mol. The molecule has 1 aromatic carbocycles. The van der Waals surface area contributed by atoms with Gasteiger partial charge in [0.25, 0.3) is 5.91 Å². The van der Waals surface area contributed by atoms with Gasteiger partial charge >= 0.3 is 5.97 Å². The zero-order valence-corrected chi connectivity index (χ0v) is 14.8. The summed E-state index contributed by atoms with van der Waals surface area (Å²) in [4.78, 5) is 24.3. The van der Waals surface area contributed by atoms with Gasteiger partial charge in [-0.05, 0) is 17.7 Å². The lowest BCUT2D eigenvalue weighted by atomic mass is 9.82. The number of amides is 1. The van der Waals surface area contributed by atoms with E-state index in [1.807, 2.05) is 18.2 Å². The van der Waals surface area contributed by atoms with Gasteiger partial charge in [0.2, 0.25) is 6.04 Å². The lowest BCUT2D eigenvalue weighted by Gasteiger charge is -2.27. The number of pyridine rings is 1. The number of esters is 1. The highest BCUT2D eigenvalue weighted by molar-refractivity contribution is 7.84. The molecule has 3 rings (SSSR count). The fourth-order valence-electron chi connectivity index (χ4n) is 3.04. The minimum Gasteiger partial charge on any atom is -0.465 e. The Kier molecular flexibility index (Phi) is 5.05. The van der Waals surface area contributed by atoms with Crippen molar-refractivity contribution >= 4 is 24.5 Å². The minimum absolute atomic E-state index is 0.243. The Morgan fingerprint density at radius 1 is 1.23 bits per heavy atom. The van der Waals surface area contributed by atoms with E-state index < -0.39 is 17.9 Å². The maximum Gasteiger partial charge on any atom is 0.337 e. The van der Waals surface area contributed by atoms with Crippen LogP contribution in [0.4, 0.5) is 0 Å². The molecule has 1 aromatic heterocycles. The van der Waals surface area contributed by atoms with Gasteiger partial charge in [0.05, 0.1) is 35.3 Å². The highest BCUT2D eigenvalue weighted by atomic mass is 32.1. The number of hydrogen-bond donors (Lipinski definition) is 2. The van der Waals surface area contributed by atoms with Crippen LogP contribution in [-0.2, 0) is 9.53 Å². The quantitative estimate of drug-likeness (QED) is 0.494. The van der Waals surface area contributed by atoms with Crippen LogP contribution in [0.3, 0.4) is 0 Å². The van der Waals surface area contributed by atoms with Crippen molar-refractivity contribution in [3.8, 4) is 6.07 Å². The molecule has 0 saturated heterocycles. The molecule has 0 bridgehead atoms. The van der Waals surface area contributed by atoms with Gasteiger partial charge in [-0.3, -0.25) is 4.79 Å². The lowest BCUT2D eigenvalue weighted by molar-refractivity contribution is -0.711. The fraction of sp³-hybridized carbons (Fsp3) is 0.158. The average Bonchev–Trinajstić information content (AvgIpc) is 2.67. The largest absolute Gasteiger partial charge is 0.465 e. The second kappa shape index (κ2) is 7.42. The van der Waals surface area contributed by atoms with E-state index in [0.717, 1.165) is 5.56 Å². The maximum atomic E-state index is 12.7. The number of ether oxygens (including phenoxy) is 1. The van der Waals surface area contributed by atoms with Gasteiger partial charge in [-0.1, -0.05) is 18.2 Å². The lowest BCUT2D eigenvalue weighted by Crippen LogP contribution is -2.53. The molecule has 1 aliphatic rings. The number of allylic oxidation sites excluding steroid dienone is 1. The first-order valence-corrected chi connectivity index (χ1v) is 8.29. The summed E-state index contributed by atoms with van der Waals surface area (Å²) < 4.78 is 6.46. The smallest absolute Gasteiger partial charge is 0.337 e.